The molecule has 0 radical (unpaired) electrons. The Labute approximate surface area is 164 Å². The summed E-state index contributed by atoms with van der Waals surface area (Å²) in [4.78, 5) is 20.3. The fourth-order valence-corrected chi connectivity index (χ4v) is 4.11. The Balaban J connectivity index is 1.32. The zero-order valence-corrected chi connectivity index (χ0v) is 15.9. The summed E-state index contributed by atoms with van der Waals surface area (Å²) in [6.45, 7) is 1.20. The second kappa shape index (κ2) is 6.75. The van der Waals surface area contributed by atoms with Gasteiger partial charge in [0.2, 0.25) is 0 Å². The van der Waals surface area contributed by atoms with Gasteiger partial charge in [0.05, 0.1) is 11.1 Å². The molecule has 5 heterocycles. The van der Waals surface area contributed by atoms with E-state index in [0.29, 0.717) is 36.3 Å². The summed E-state index contributed by atoms with van der Waals surface area (Å²) >= 11 is 1.61. The number of furan rings is 1. The van der Waals surface area contributed by atoms with Gasteiger partial charge < -0.3 is 13.8 Å². The number of hydrogen-bond donors (Lipinski definition) is 0. The molecule has 0 saturated carbocycles. The molecule has 4 aromatic rings. The second-order valence-electron chi connectivity index (χ2n) is 6.69. The summed E-state index contributed by atoms with van der Waals surface area (Å²) in [5.74, 6) is 1.51. The van der Waals surface area contributed by atoms with Crippen molar-refractivity contribution in [2.24, 2.45) is 7.05 Å². The normalized spacial score (nSPS) is 16.8. The Kier molecular flexibility index (Phi) is 4.09. The number of nitrogens with zero attached hydrogens (tertiary/aromatic N) is 5. The van der Waals surface area contributed by atoms with Crippen LogP contribution in [0.4, 0.5) is 0 Å². The highest BCUT2D eigenvalue weighted by molar-refractivity contribution is 7.13. The van der Waals surface area contributed by atoms with E-state index >= 15 is 0 Å². The van der Waals surface area contributed by atoms with Gasteiger partial charge in [-0.2, -0.15) is 10.1 Å². The summed E-state index contributed by atoms with van der Waals surface area (Å²) in [5.41, 5.74) is 1.39. The van der Waals surface area contributed by atoms with Crippen LogP contribution in [0.2, 0.25) is 0 Å². The number of carbonyl (C=O) groups excluding carboxylic acids is 1. The topological polar surface area (TPSA) is 90.2 Å². The number of thiophene rings is 1. The average molecular weight is 395 g/mol. The number of hydrogen-bond acceptors (Lipinski definition) is 7. The molecule has 0 bridgehead atoms. The maximum Gasteiger partial charge on any atom is 0.293 e. The molecule has 5 rings (SSSR count). The highest BCUT2D eigenvalue weighted by Crippen LogP contribution is 2.29. The van der Waals surface area contributed by atoms with Crippen LogP contribution in [0.25, 0.3) is 22.2 Å². The molecule has 28 heavy (non-hydrogen) atoms. The smallest absolute Gasteiger partial charge is 0.293 e. The summed E-state index contributed by atoms with van der Waals surface area (Å²) < 4.78 is 12.2. The van der Waals surface area contributed by atoms with Gasteiger partial charge in [0.15, 0.2) is 11.6 Å². The molecule has 0 N–H and O–H groups in total. The fourth-order valence-electron chi connectivity index (χ4n) is 3.43. The molecule has 1 unspecified atom stereocenters. The van der Waals surface area contributed by atoms with Gasteiger partial charge in [-0.1, -0.05) is 11.2 Å². The maximum absolute atomic E-state index is 13.0. The molecule has 1 aliphatic rings. The zero-order valence-electron chi connectivity index (χ0n) is 15.1. The van der Waals surface area contributed by atoms with Crippen LogP contribution in [-0.2, 0) is 7.05 Å². The average Bonchev–Trinajstić information content (AvgIpc) is 3.52. The minimum absolute atomic E-state index is 0.0324. The van der Waals surface area contributed by atoms with Gasteiger partial charge in [0.1, 0.15) is 11.4 Å². The Morgan fingerprint density at radius 2 is 2.25 bits per heavy atom. The summed E-state index contributed by atoms with van der Waals surface area (Å²) in [5, 5.41) is 10.6. The van der Waals surface area contributed by atoms with Crippen molar-refractivity contribution in [1.29, 1.82) is 0 Å². The lowest BCUT2D eigenvalue weighted by Gasteiger charge is -2.15. The number of likely N-dealkylation sites (tertiary alicyclic amines) is 1. The lowest BCUT2D eigenvalue weighted by Crippen LogP contribution is -2.30. The lowest BCUT2D eigenvalue weighted by atomic mass is 10.1. The monoisotopic (exact) mass is 395 g/mol. The Morgan fingerprint density at radius 3 is 3.04 bits per heavy atom. The molecular formula is C19H17N5O3S. The minimum Gasteiger partial charge on any atom is -0.459 e. The molecule has 9 heteroatoms. The van der Waals surface area contributed by atoms with E-state index in [-0.39, 0.29) is 11.8 Å². The first-order chi connectivity index (χ1) is 13.7. The van der Waals surface area contributed by atoms with Crippen LogP contribution >= 0.6 is 11.3 Å². The van der Waals surface area contributed by atoms with Gasteiger partial charge in [-0.3, -0.25) is 9.48 Å². The zero-order chi connectivity index (χ0) is 19.1. The summed E-state index contributed by atoms with van der Waals surface area (Å²) in [6, 6.07) is 9.37. The molecule has 0 aliphatic carbocycles. The molecule has 0 aromatic carbocycles. The molecule has 142 valence electrons. The predicted molar refractivity (Wildman–Crippen MR) is 102 cm³/mol. The maximum atomic E-state index is 13.0. The van der Waals surface area contributed by atoms with Crippen molar-refractivity contribution in [1.82, 2.24) is 24.8 Å². The number of carbonyl (C=O) groups is 1. The molecule has 1 fully saturated rings. The number of aryl methyl sites for hydroxylation is 1. The molecule has 1 aliphatic heterocycles. The van der Waals surface area contributed by atoms with E-state index in [0.717, 1.165) is 17.0 Å². The molecule has 1 atom stereocenters. The Hall–Kier alpha value is -3.20. The van der Waals surface area contributed by atoms with Gasteiger partial charge in [0, 0.05) is 26.1 Å². The van der Waals surface area contributed by atoms with Gasteiger partial charge >= 0.3 is 0 Å². The van der Waals surface area contributed by atoms with Crippen molar-refractivity contribution >= 4 is 17.2 Å². The third-order valence-corrected chi connectivity index (χ3v) is 5.78. The van der Waals surface area contributed by atoms with Gasteiger partial charge in [-0.15, -0.1) is 11.3 Å². The van der Waals surface area contributed by atoms with E-state index in [1.165, 1.54) is 0 Å². The largest absolute Gasteiger partial charge is 0.459 e. The van der Waals surface area contributed by atoms with Crippen LogP contribution in [0, 0.1) is 0 Å². The van der Waals surface area contributed by atoms with E-state index < -0.39 is 0 Å². The van der Waals surface area contributed by atoms with Crippen LogP contribution in [0.5, 0.6) is 0 Å². The summed E-state index contributed by atoms with van der Waals surface area (Å²) in [7, 11) is 1.80. The van der Waals surface area contributed by atoms with Crippen molar-refractivity contribution in [3.63, 3.8) is 0 Å². The third-order valence-electron chi connectivity index (χ3n) is 4.89. The van der Waals surface area contributed by atoms with Crippen LogP contribution in [0.3, 0.4) is 0 Å². The standard InChI is InChI=1S/C19H17N5O3S/c1-23-14(10-13(21-23)16-5-3-9-28-16)19(25)24-7-6-12(11-24)17-20-18(27-22-17)15-4-2-8-26-15/h2-5,8-10,12H,6-7,11H2,1H3. The first kappa shape index (κ1) is 16.9. The highest BCUT2D eigenvalue weighted by atomic mass is 32.1. The predicted octanol–water partition coefficient (Wildman–Crippen LogP) is 3.42. The number of amides is 1. The van der Waals surface area contributed by atoms with E-state index in [2.05, 4.69) is 15.2 Å². The molecule has 8 nitrogen and oxygen atoms in total. The van der Waals surface area contributed by atoms with Crippen LogP contribution in [-0.4, -0.2) is 43.8 Å². The van der Waals surface area contributed by atoms with Gasteiger partial charge in [-0.25, -0.2) is 0 Å². The first-order valence-corrected chi connectivity index (χ1v) is 9.81. The van der Waals surface area contributed by atoms with E-state index in [1.807, 2.05) is 28.5 Å². The van der Waals surface area contributed by atoms with Crippen molar-refractivity contribution < 1.29 is 13.7 Å². The van der Waals surface area contributed by atoms with Crippen molar-refractivity contribution in [2.45, 2.75) is 12.3 Å². The quantitative estimate of drug-likeness (QED) is 0.526. The van der Waals surface area contributed by atoms with Gasteiger partial charge in [0.25, 0.3) is 11.8 Å². The van der Waals surface area contributed by atoms with E-state index in [4.69, 9.17) is 8.94 Å². The number of aromatic nitrogens is 4. The summed E-state index contributed by atoms with van der Waals surface area (Å²) in [6.07, 6.45) is 2.35. The third kappa shape index (κ3) is 2.93. The van der Waals surface area contributed by atoms with Crippen LogP contribution in [0.1, 0.15) is 28.7 Å². The van der Waals surface area contributed by atoms with E-state index in [1.54, 1.807) is 41.5 Å². The second-order valence-corrected chi connectivity index (χ2v) is 7.64. The Bertz CT molecular complexity index is 1100. The molecule has 4 aromatic heterocycles. The minimum atomic E-state index is -0.0324. The van der Waals surface area contributed by atoms with E-state index in [9.17, 15) is 4.79 Å². The van der Waals surface area contributed by atoms with Crippen molar-refractivity contribution in [3.8, 4) is 22.2 Å². The molecule has 0 spiro atoms. The molecule has 1 amide bonds. The van der Waals surface area contributed by atoms with Crippen LogP contribution in [0.15, 0.2) is 50.9 Å². The van der Waals surface area contributed by atoms with Crippen molar-refractivity contribution in [3.05, 3.63) is 53.5 Å². The molecular weight excluding hydrogens is 378 g/mol. The Morgan fingerprint density at radius 1 is 1.32 bits per heavy atom. The SMILES string of the molecule is Cn1nc(-c2cccs2)cc1C(=O)N1CCC(c2noc(-c3ccco3)n2)C1. The lowest BCUT2D eigenvalue weighted by molar-refractivity contribution is 0.0779. The fraction of sp³-hybridized carbons (Fsp3) is 0.263. The van der Waals surface area contributed by atoms with Crippen molar-refractivity contribution in [2.75, 3.05) is 13.1 Å². The number of rotatable bonds is 4. The van der Waals surface area contributed by atoms with Crippen LogP contribution < -0.4 is 0 Å². The highest BCUT2D eigenvalue weighted by Gasteiger charge is 2.32. The molecule has 1 saturated heterocycles. The van der Waals surface area contributed by atoms with Gasteiger partial charge in [-0.05, 0) is 36.1 Å². The first-order valence-electron chi connectivity index (χ1n) is 8.93.